The molecule has 37 heavy (non-hydrogen) atoms. The summed E-state index contributed by atoms with van der Waals surface area (Å²) < 4.78 is 55.1. The van der Waals surface area contributed by atoms with Crippen molar-refractivity contribution >= 4 is 22.5 Å². The van der Waals surface area contributed by atoms with Crippen molar-refractivity contribution in [1.82, 2.24) is 25.3 Å². The number of nitrogens with zero attached hydrogens (tertiary/aromatic N) is 5. The molecule has 0 atom stereocenters. The van der Waals surface area contributed by atoms with Crippen LogP contribution in [0.1, 0.15) is 34.3 Å². The van der Waals surface area contributed by atoms with E-state index in [9.17, 15) is 22.4 Å². The summed E-state index contributed by atoms with van der Waals surface area (Å²) >= 11 is 0. The van der Waals surface area contributed by atoms with E-state index in [2.05, 4.69) is 25.5 Å². The summed E-state index contributed by atoms with van der Waals surface area (Å²) in [4.78, 5) is 14.8. The Morgan fingerprint density at radius 3 is 2.43 bits per heavy atom. The number of halogens is 4. The van der Waals surface area contributed by atoms with E-state index >= 15 is 0 Å². The molecule has 1 aliphatic rings. The van der Waals surface area contributed by atoms with Gasteiger partial charge in [-0.25, -0.2) is 4.39 Å². The van der Waals surface area contributed by atoms with Crippen molar-refractivity contribution in [1.29, 1.82) is 0 Å². The Bertz CT molecular complexity index is 1440. The lowest BCUT2D eigenvalue weighted by Crippen LogP contribution is -2.45. The molecule has 4 aromatic rings. The summed E-state index contributed by atoms with van der Waals surface area (Å²) in [5.74, 6) is -0.102. The normalized spacial score (nSPS) is 14.8. The van der Waals surface area contributed by atoms with E-state index in [0.717, 1.165) is 28.2 Å². The SMILES string of the molecule is Cn1nccc1-c1nnc(N2CCC(NC(=O)c3ccc(CF)cc3C(F)(F)F)CC2)c2ccccc12. The van der Waals surface area contributed by atoms with E-state index in [0.29, 0.717) is 37.8 Å². The van der Waals surface area contributed by atoms with Gasteiger partial charge in [0.2, 0.25) is 0 Å². The second-order valence-corrected chi connectivity index (χ2v) is 9.00. The minimum atomic E-state index is -4.76. The van der Waals surface area contributed by atoms with Crippen molar-refractivity contribution < 1.29 is 22.4 Å². The topological polar surface area (TPSA) is 75.9 Å². The molecule has 1 saturated heterocycles. The molecule has 1 fully saturated rings. The molecular formula is C26H24F4N6O. The van der Waals surface area contributed by atoms with Crippen molar-refractivity contribution in [2.75, 3.05) is 18.0 Å². The summed E-state index contributed by atoms with van der Waals surface area (Å²) in [7, 11) is 1.84. The Hall–Kier alpha value is -4.02. The van der Waals surface area contributed by atoms with Gasteiger partial charge in [0.05, 0.1) is 16.8 Å². The predicted octanol–water partition coefficient (Wildman–Crippen LogP) is 4.92. The van der Waals surface area contributed by atoms with E-state index in [1.165, 1.54) is 6.07 Å². The maximum atomic E-state index is 13.5. The molecule has 0 radical (unpaired) electrons. The van der Waals surface area contributed by atoms with Crippen LogP contribution in [-0.2, 0) is 19.9 Å². The van der Waals surface area contributed by atoms with Crippen LogP contribution in [0, 0.1) is 0 Å². The molecule has 2 aromatic heterocycles. The number of carbonyl (C=O) groups is 1. The molecule has 5 rings (SSSR count). The van der Waals surface area contributed by atoms with E-state index in [1.807, 2.05) is 37.4 Å². The third kappa shape index (κ3) is 4.85. The molecule has 11 heteroatoms. The van der Waals surface area contributed by atoms with Crippen LogP contribution in [0.5, 0.6) is 0 Å². The van der Waals surface area contributed by atoms with Gasteiger partial charge in [-0.05, 0) is 36.6 Å². The highest BCUT2D eigenvalue weighted by Crippen LogP contribution is 2.34. The maximum absolute atomic E-state index is 13.5. The number of benzene rings is 2. The van der Waals surface area contributed by atoms with Crippen LogP contribution in [0.15, 0.2) is 54.7 Å². The van der Waals surface area contributed by atoms with Gasteiger partial charge in [0.25, 0.3) is 5.91 Å². The number of carbonyl (C=O) groups excluding carboxylic acids is 1. The number of aromatic nitrogens is 4. The number of hydrogen-bond acceptors (Lipinski definition) is 5. The molecule has 1 aliphatic heterocycles. The predicted molar refractivity (Wildman–Crippen MR) is 131 cm³/mol. The largest absolute Gasteiger partial charge is 0.417 e. The van der Waals surface area contributed by atoms with Crippen molar-refractivity contribution in [3.05, 3.63) is 71.4 Å². The van der Waals surface area contributed by atoms with Gasteiger partial charge in [0.1, 0.15) is 12.4 Å². The van der Waals surface area contributed by atoms with E-state index in [-0.39, 0.29) is 11.6 Å². The Kier molecular flexibility index (Phi) is 6.53. The lowest BCUT2D eigenvalue weighted by Gasteiger charge is -2.33. The number of fused-ring (bicyclic) bond motifs is 1. The molecule has 0 saturated carbocycles. The molecule has 0 spiro atoms. The summed E-state index contributed by atoms with van der Waals surface area (Å²) in [5.41, 5.74) is -0.197. The monoisotopic (exact) mass is 512 g/mol. The van der Waals surface area contributed by atoms with Crippen molar-refractivity contribution in [3.8, 4) is 11.4 Å². The van der Waals surface area contributed by atoms with Crippen LogP contribution in [0.2, 0.25) is 0 Å². The average Bonchev–Trinajstić information content (AvgIpc) is 3.33. The van der Waals surface area contributed by atoms with Gasteiger partial charge in [0, 0.05) is 43.1 Å². The lowest BCUT2D eigenvalue weighted by molar-refractivity contribution is -0.138. The van der Waals surface area contributed by atoms with E-state index in [4.69, 9.17) is 0 Å². The van der Waals surface area contributed by atoms with Gasteiger partial charge >= 0.3 is 6.18 Å². The van der Waals surface area contributed by atoms with Gasteiger partial charge in [-0.1, -0.05) is 30.3 Å². The highest BCUT2D eigenvalue weighted by molar-refractivity contribution is 6.00. The maximum Gasteiger partial charge on any atom is 0.417 e. The summed E-state index contributed by atoms with van der Waals surface area (Å²) in [6, 6.07) is 12.3. The highest BCUT2D eigenvalue weighted by atomic mass is 19.4. The minimum Gasteiger partial charge on any atom is -0.354 e. The average molecular weight is 513 g/mol. The Balaban J connectivity index is 1.32. The third-order valence-corrected chi connectivity index (χ3v) is 6.65. The van der Waals surface area contributed by atoms with Crippen LogP contribution in [0.25, 0.3) is 22.2 Å². The number of hydrogen-bond donors (Lipinski definition) is 1. The molecule has 1 N–H and O–H groups in total. The molecule has 2 aromatic carbocycles. The molecule has 7 nitrogen and oxygen atoms in total. The Labute approximate surface area is 210 Å². The fourth-order valence-corrected chi connectivity index (χ4v) is 4.72. The standard InChI is InChI=1S/C26H24F4N6O/c1-35-22(8-11-31-35)23-18-4-2-3-5-19(18)24(34-33-23)36-12-9-17(10-13-36)32-25(37)20-7-6-16(15-27)14-21(20)26(28,29)30/h2-8,11,14,17H,9-10,12-13,15H2,1H3,(H,32,37). The van der Waals surface area contributed by atoms with Crippen LogP contribution >= 0.6 is 0 Å². The first-order valence-corrected chi connectivity index (χ1v) is 11.8. The van der Waals surface area contributed by atoms with Crippen LogP contribution < -0.4 is 10.2 Å². The van der Waals surface area contributed by atoms with Crippen LogP contribution in [-0.4, -0.2) is 45.0 Å². The van der Waals surface area contributed by atoms with Crippen LogP contribution in [0.4, 0.5) is 23.4 Å². The number of aryl methyl sites for hydroxylation is 1. The van der Waals surface area contributed by atoms with Crippen LogP contribution in [0.3, 0.4) is 0 Å². The number of piperidine rings is 1. The summed E-state index contributed by atoms with van der Waals surface area (Å²) in [6.07, 6.45) is -2.02. The summed E-state index contributed by atoms with van der Waals surface area (Å²) in [6.45, 7) is 0.0489. The lowest BCUT2D eigenvalue weighted by atomic mass is 10.0. The Morgan fingerprint density at radius 1 is 1.05 bits per heavy atom. The smallest absolute Gasteiger partial charge is 0.354 e. The van der Waals surface area contributed by atoms with Gasteiger partial charge in [0.15, 0.2) is 5.82 Å². The fraction of sp³-hybridized carbons (Fsp3) is 0.308. The molecule has 0 bridgehead atoms. The van der Waals surface area contributed by atoms with Gasteiger partial charge in [-0.2, -0.15) is 18.3 Å². The molecule has 1 amide bonds. The number of nitrogens with one attached hydrogen (secondary N) is 1. The fourth-order valence-electron chi connectivity index (χ4n) is 4.72. The number of rotatable bonds is 5. The van der Waals surface area contributed by atoms with Crippen molar-refractivity contribution in [3.63, 3.8) is 0 Å². The quantitative estimate of drug-likeness (QED) is 0.385. The molecule has 0 unspecified atom stereocenters. The second kappa shape index (κ2) is 9.79. The molecular weight excluding hydrogens is 488 g/mol. The minimum absolute atomic E-state index is 0.125. The first-order valence-electron chi connectivity index (χ1n) is 11.8. The van der Waals surface area contributed by atoms with Gasteiger partial charge < -0.3 is 10.2 Å². The zero-order valence-corrected chi connectivity index (χ0v) is 20.0. The van der Waals surface area contributed by atoms with Crippen molar-refractivity contribution in [2.45, 2.75) is 31.7 Å². The first-order chi connectivity index (χ1) is 17.8. The summed E-state index contributed by atoms with van der Waals surface area (Å²) in [5, 5.41) is 17.8. The Morgan fingerprint density at radius 2 is 1.78 bits per heavy atom. The first kappa shape index (κ1) is 24.7. The molecule has 3 heterocycles. The highest BCUT2D eigenvalue weighted by Gasteiger charge is 2.36. The van der Waals surface area contributed by atoms with E-state index in [1.54, 1.807) is 10.9 Å². The third-order valence-electron chi connectivity index (χ3n) is 6.65. The van der Waals surface area contributed by atoms with Crippen molar-refractivity contribution in [2.24, 2.45) is 7.05 Å². The van der Waals surface area contributed by atoms with Gasteiger partial charge in [-0.15, -0.1) is 10.2 Å². The molecule has 0 aliphatic carbocycles. The zero-order chi connectivity index (χ0) is 26.2. The molecule has 192 valence electrons. The zero-order valence-electron chi connectivity index (χ0n) is 20.0. The number of alkyl halides is 4. The number of anilines is 1. The van der Waals surface area contributed by atoms with E-state index < -0.39 is 29.9 Å². The second-order valence-electron chi connectivity index (χ2n) is 9.00. The number of amides is 1. The van der Waals surface area contributed by atoms with Gasteiger partial charge in [-0.3, -0.25) is 9.48 Å².